The van der Waals surface area contributed by atoms with Crippen molar-refractivity contribution in [2.75, 3.05) is 6.79 Å². The first-order valence-electron chi connectivity index (χ1n) is 8.95. The molecule has 28 heavy (non-hydrogen) atoms. The van der Waals surface area contributed by atoms with Gasteiger partial charge in [0.25, 0.3) is 5.91 Å². The molecule has 1 N–H and O–H groups in total. The van der Waals surface area contributed by atoms with E-state index in [0.717, 1.165) is 22.6 Å². The lowest BCUT2D eigenvalue weighted by atomic mass is 10.0. The highest BCUT2D eigenvalue weighted by Crippen LogP contribution is 2.32. The SMILES string of the molecule is C[C@@H](Oc1ccc2ccccc2c1C=O)C(=O)NCc1ccc2c(c1)OCO2. The van der Waals surface area contributed by atoms with Gasteiger partial charge in [-0.15, -0.1) is 0 Å². The first-order valence-corrected chi connectivity index (χ1v) is 8.95. The molecular formula is C22H19NO5. The Balaban J connectivity index is 1.43. The Kier molecular flexibility index (Phi) is 4.85. The van der Waals surface area contributed by atoms with Gasteiger partial charge in [0.1, 0.15) is 5.75 Å². The molecule has 6 nitrogen and oxygen atoms in total. The molecule has 0 bridgehead atoms. The minimum Gasteiger partial charge on any atom is -0.480 e. The van der Waals surface area contributed by atoms with Crippen LogP contribution in [0.1, 0.15) is 22.8 Å². The molecule has 0 spiro atoms. The number of hydrogen-bond donors (Lipinski definition) is 1. The van der Waals surface area contributed by atoms with Gasteiger partial charge >= 0.3 is 0 Å². The quantitative estimate of drug-likeness (QED) is 0.666. The summed E-state index contributed by atoms with van der Waals surface area (Å²) in [6.07, 6.45) is 0.00316. The molecule has 1 heterocycles. The largest absolute Gasteiger partial charge is 0.480 e. The molecule has 1 atom stereocenters. The van der Waals surface area contributed by atoms with Crippen molar-refractivity contribution in [3.05, 3.63) is 65.7 Å². The number of amides is 1. The fourth-order valence-electron chi connectivity index (χ4n) is 3.13. The van der Waals surface area contributed by atoms with Crippen molar-refractivity contribution in [1.82, 2.24) is 5.32 Å². The zero-order chi connectivity index (χ0) is 19.5. The average Bonchev–Trinajstić information content (AvgIpc) is 3.19. The fourth-order valence-corrected chi connectivity index (χ4v) is 3.13. The number of nitrogens with one attached hydrogen (secondary N) is 1. The maximum atomic E-state index is 12.4. The van der Waals surface area contributed by atoms with Gasteiger partial charge in [0, 0.05) is 6.54 Å². The van der Waals surface area contributed by atoms with Crippen LogP contribution in [0, 0.1) is 0 Å². The van der Waals surface area contributed by atoms with E-state index in [1.165, 1.54) is 0 Å². The van der Waals surface area contributed by atoms with E-state index in [4.69, 9.17) is 14.2 Å². The number of carbonyl (C=O) groups is 2. The van der Waals surface area contributed by atoms with Crippen LogP contribution >= 0.6 is 0 Å². The Morgan fingerprint density at radius 1 is 1.14 bits per heavy atom. The summed E-state index contributed by atoms with van der Waals surface area (Å²) >= 11 is 0. The molecule has 0 saturated heterocycles. The number of hydrogen-bond acceptors (Lipinski definition) is 5. The van der Waals surface area contributed by atoms with E-state index in [0.29, 0.717) is 29.4 Å². The lowest BCUT2D eigenvalue weighted by Gasteiger charge is -2.17. The summed E-state index contributed by atoms with van der Waals surface area (Å²) in [5.41, 5.74) is 1.33. The lowest BCUT2D eigenvalue weighted by molar-refractivity contribution is -0.127. The summed E-state index contributed by atoms with van der Waals surface area (Å²) in [5.74, 6) is 1.48. The summed E-state index contributed by atoms with van der Waals surface area (Å²) in [4.78, 5) is 24.0. The van der Waals surface area contributed by atoms with Gasteiger partial charge in [-0.2, -0.15) is 0 Å². The van der Waals surface area contributed by atoms with E-state index in [-0.39, 0.29) is 12.7 Å². The number of ether oxygens (including phenoxy) is 3. The summed E-state index contributed by atoms with van der Waals surface area (Å²) < 4.78 is 16.4. The zero-order valence-corrected chi connectivity index (χ0v) is 15.3. The van der Waals surface area contributed by atoms with Crippen molar-refractivity contribution in [2.45, 2.75) is 19.6 Å². The van der Waals surface area contributed by atoms with Gasteiger partial charge in [-0.1, -0.05) is 36.4 Å². The highest BCUT2D eigenvalue weighted by atomic mass is 16.7. The lowest BCUT2D eigenvalue weighted by Crippen LogP contribution is -2.36. The third-order valence-corrected chi connectivity index (χ3v) is 4.63. The normalized spacial score (nSPS) is 13.2. The third-order valence-electron chi connectivity index (χ3n) is 4.63. The van der Waals surface area contributed by atoms with Gasteiger partial charge in [0.05, 0.1) is 5.56 Å². The minimum absolute atomic E-state index is 0.209. The predicted octanol–water partition coefficient (Wildman–Crippen LogP) is 3.46. The second-order valence-corrected chi connectivity index (χ2v) is 6.48. The molecule has 1 amide bonds. The molecule has 0 aromatic heterocycles. The molecule has 1 aliphatic heterocycles. The minimum atomic E-state index is -0.756. The van der Waals surface area contributed by atoms with Crippen molar-refractivity contribution in [3.8, 4) is 17.2 Å². The van der Waals surface area contributed by atoms with Gasteiger partial charge < -0.3 is 19.5 Å². The Morgan fingerprint density at radius 3 is 2.82 bits per heavy atom. The topological polar surface area (TPSA) is 73.9 Å². The van der Waals surface area contributed by atoms with Crippen LogP contribution < -0.4 is 19.5 Å². The van der Waals surface area contributed by atoms with Crippen LogP contribution in [0.5, 0.6) is 17.2 Å². The van der Waals surface area contributed by atoms with Crippen molar-refractivity contribution in [2.24, 2.45) is 0 Å². The number of carbonyl (C=O) groups excluding carboxylic acids is 2. The molecule has 3 aromatic rings. The Bertz CT molecular complexity index is 1050. The first kappa shape index (κ1) is 17.9. The van der Waals surface area contributed by atoms with Crippen LogP contribution in [-0.2, 0) is 11.3 Å². The molecule has 6 heteroatoms. The zero-order valence-electron chi connectivity index (χ0n) is 15.3. The molecular weight excluding hydrogens is 358 g/mol. The average molecular weight is 377 g/mol. The number of benzene rings is 3. The smallest absolute Gasteiger partial charge is 0.261 e. The monoisotopic (exact) mass is 377 g/mol. The fraction of sp³-hybridized carbons (Fsp3) is 0.182. The van der Waals surface area contributed by atoms with Crippen LogP contribution in [0.3, 0.4) is 0 Å². The maximum Gasteiger partial charge on any atom is 0.261 e. The van der Waals surface area contributed by atoms with Crippen molar-refractivity contribution < 1.29 is 23.8 Å². The molecule has 0 unspecified atom stereocenters. The van der Waals surface area contributed by atoms with E-state index in [9.17, 15) is 9.59 Å². The van der Waals surface area contributed by atoms with Gasteiger partial charge in [-0.3, -0.25) is 9.59 Å². The third kappa shape index (κ3) is 3.49. The van der Waals surface area contributed by atoms with Crippen LogP contribution in [0.2, 0.25) is 0 Å². The van der Waals surface area contributed by atoms with E-state index in [1.54, 1.807) is 13.0 Å². The number of fused-ring (bicyclic) bond motifs is 2. The van der Waals surface area contributed by atoms with Crippen LogP contribution in [-0.4, -0.2) is 25.1 Å². The van der Waals surface area contributed by atoms with Gasteiger partial charge in [-0.25, -0.2) is 0 Å². The highest BCUT2D eigenvalue weighted by molar-refractivity contribution is 6.00. The molecule has 0 fully saturated rings. The maximum absolute atomic E-state index is 12.4. The molecule has 3 aromatic carbocycles. The van der Waals surface area contributed by atoms with Crippen LogP contribution in [0.15, 0.2) is 54.6 Å². The number of rotatable bonds is 6. The van der Waals surface area contributed by atoms with Crippen molar-refractivity contribution in [3.63, 3.8) is 0 Å². The second-order valence-electron chi connectivity index (χ2n) is 6.48. The summed E-state index contributed by atoms with van der Waals surface area (Å²) in [5, 5.41) is 4.57. The second kappa shape index (κ2) is 7.60. The van der Waals surface area contributed by atoms with E-state index >= 15 is 0 Å². The van der Waals surface area contributed by atoms with Crippen LogP contribution in [0.4, 0.5) is 0 Å². The van der Waals surface area contributed by atoms with Gasteiger partial charge in [0.2, 0.25) is 6.79 Å². The summed E-state index contributed by atoms with van der Waals surface area (Å²) in [7, 11) is 0. The van der Waals surface area contributed by atoms with E-state index in [1.807, 2.05) is 48.5 Å². The molecule has 0 radical (unpaired) electrons. The Labute approximate surface area is 162 Å². The highest BCUT2D eigenvalue weighted by Gasteiger charge is 2.18. The predicted molar refractivity (Wildman–Crippen MR) is 104 cm³/mol. The first-order chi connectivity index (χ1) is 13.7. The molecule has 142 valence electrons. The van der Waals surface area contributed by atoms with Crippen molar-refractivity contribution in [1.29, 1.82) is 0 Å². The Morgan fingerprint density at radius 2 is 1.96 bits per heavy atom. The molecule has 1 aliphatic rings. The van der Waals surface area contributed by atoms with E-state index < -0.39 is 6.10 Å². The standard InChI is InChI=1S/C22H19NO5/c1-14(22(25)23-11-15-6-8-20-21(10-15)27-13-26-20)28-19-9-7-16-4-2-3-5-17(16)18(19)12-24/h2-10,12,14H,11,13H2,1H3,(H,23,25)/t14-/m1/s1. The molecule has 0 saturated carbocycles. The van der Waals surface area contributed by atoms with E-state index in [2.05, 4.69) is 5.32 Å². The summed E-state index contributed by atoms with van der Waals surface area (Å²) in [6, 6.07) is 16.7. The van der Waals surface area contributed by atoms with Gasteiger partial charge in [0.15, 0.2) is 23.9 Å². The summed E-state index contributed by atoms with van der Waals surface area (Å²) in [6.45, 7) is 2.20. The molecule has 4 rings (SSSR count). The Hall–Kier alpha value is -3.54. The number of aldehydes is 1. The van der Waals surface area contributed by atoms with Crippen molar-refractivity contribution >= 4 is 23.0 Å². The molecule has 0 aliphatic carbocycles. The van der Waals surface area contributed by atoms with Crippen LogP contribution in [0.25, 0.3) is 10.8 Å². The van der Waals surface area contributed by atoms with Gasteiger partial charge in [-0.05, 0) is 41.5 Å².